The van der Waals surface area contributed by atoms with E-state index in [9.17, 15) is 0 Å². The maximum Gasteiger partial charge on any atom is 0.0420 e. The lowest BCUT2D eigenvalue weighted by molar-refractivity contribution is -0.00991. The van der Waals surface area contributed by atoms with Crippen molar-refractivity contribution in [3.63, 3.8) is 0 Å². The summed E-state index contributed by atoms with van der Waals surface area (Å²) in [5.41, 5.74) is 10.2. The number of hydrogen-bond acceptors (Lipinski definition) is 1. The van der Waals surface area contributed by atoms with Crippen molar-refractivity contribution in [2.75, 3.05) is 0 Å². The largest absolute Gasteiger partial charge is 0.321 e. The second-order valence-electron chi connectivity index (χ2n) is 8.40. The van der Waals surface area contributed by atoms with Crippen LogP contribution in [0.1, 0.15) is 76.8 Å². The minimum atomic E-state index is -0.0479. The molecule has 0 aliphatic heterocycles. The predicted octanol–water partition coefficient (Wildman–Crippen LogP) is 4.88. The van der Waals surface area contributed by atoms with E-state index in [0.29, 0.717) is 5.41 Å². The summed E-state index contributed by atoms with van der Waals surface area (Å²) in [5.74, 6) is 0. The lowest BCUT2D eigenvalue weighted by atomic mass is 9.51. The Labute approximate surface area is 124 Å². The molecule has 0 aromatic heterocycles. The molecule has 0 saturated heterocycles. The van der Waals surface area contributed by atoms with Gasteiger partial charge in [0.2, 0.25) is 0 Å². The van der Waals surface area contributed by atoms with Crippen molar-refractivity contribution in [1.29, 1.82) is 0 Å². The normalized spacial score (nSPS) is 24.4. The molecule has 0 atom stereocenters. The monoisotopic (exact) mass is 271 g/mol. The molecule has 0 amide bonds. The zero-order valence-corrected chi connectivity index (χ0v) is 13.3. The van der Waals surface area contributed by atoms with Gasteiger partial charge >= 0.3 is 0 Å². The van der Waals surface area contributed by atoms with Gasteiger partial charge in [0.1, 0.15) is 0 Å². The summed E-state index contributed by atoms with van der Waals surface area (Å²) >= 11 is 0. The molecule has 2 saturated carbocycles. The molecule has 2 fully saturated rings. The van der Waals surface area contributed by atoms with Gasteiger partial charge in [0.05, 0.1) is 0 Å². The molecule has 1 aromatic rings. The SMILES string of the molecule is CC(C)(C)c1ccc(C2(N)CC3(CCCCC3)C2)cc1. The third kappa shape index (κ3) is 2.41. The fourth-order valence-electron chi connectivity index (χ4n) is 4.45. The van der Waals surface area contributed by atoms with E-state index in [1.807, 2.05) is 0 Å². The summed E-state index contributed by atoms with van der Waals surface area (Å²) in [4.78, 5) is 0. The van der Waals surface area contributed by atoms with E-state index >= 15 is 0 Å². The molecule has 0 radical (unpaired) electrons. The van der Waals surface area contributed by atoms with Gasteiger partial charge in [-0.1, -0.05) is 64.3 Å². The predicted molar refractivity (Wildman–Crippen MR) is 85.8 cm³/mol. The molecule has 2 N–H and O–H groups in total. The molecule has 1 heteroatoms. The van der Waals surface area contributed by atoms with Crippen LogP contribution in [0.3, 0.4) is 0 Å². The fourth-order valence-corrected chi connectivity index (χ4v) is 4.45. The molecule has 110 valence electrons. The van der Waals surface area contributed by atoms with E-state index in [0.717, 1.165) is 0 Å². The van der Waals surface area contributed by atoms with Crippen LogP contribution in [0.25, 0.3) is 0 Å². The Kier molecular flexibility index (Phi) is 3.25. The second kappa shape index (κ2) is 4.59. The van der Waals surface area contributed by atoms with Crippen molar-refractivity contribution in [2.24, 2.45) is 11.1 Å². The van der Waals surface area contributed by atoms with Gasteiger partial charge in [0.25, 0.3) is 0 Å². The van der Waals surface area contributed by atoms with Gasteiger partial charge in [0.15, 0.2) is 0 Å². The van der Waals surface area contributed by atoms with Gasteiger partial charge in [-0.05, 0) is 47.6 Å². The summed E-state index contributed by atoms with van der Waals surface area (Å²) in [6.45, 7) is 6.79. The van der Waals surface area contributed by atoms with Gasteiger partial charge in [-0.2, -0.15) is 0 Å². The van der Waals surface area contributed by atoms with Crippen molar-refractivity contribution in [1.82, 2.24) is 0 Å². The van der Waals surface area contributed by atoms with Gasteiger partial charge in [-0.15, -0.1) is 0 Å². The molecule has 2 aliphatic rings. The van der Waals surface area contributed by atoms with Crippen LogP contribution in [-0.4, -0.2) is 0 Å². The third-order valence-corrected chi connectivity index (χ3v) is 5.62. The highest BCUT2D eigenvalue weighted by Gasteiger charge is 2.52. The third-order valence-electron chi connectivity index (χ3n) is 5.62. The summed E-state index contributed by atoms with van der Waals surface area (Å²) in [5, 5.41) is 0. The summed E-state index contributed by atoms with van der Waals surface area (Å²) in [6.07, 6.45) is 9.49. The van der Waals surface area contributed by atoms with E-state index in [2.05, 4.69) is 45.0 Å². The van der Waals surface area contributed by atoms with Crippen LogP contribution < -0.4 is 5.73 Å². The zero-order valence-electron chi connectivity index (χ0n) is 13.3. The first kappa shape index (κ1) is 14.1. The highest BCUT2D eigenvalue weighted by atomic mass is 14.8. The van der Waals surface area contributed by atoms with Crippen molar-refractivity contribution >= 4 is 0 Å². The minimum absolute atomic E-state index is 0.0479. The first-order chi connectivity index (χ1) is 9.33. The minimum Gasteiger partial charge on any atom is -0.321 e. The Hall–Kier alpha value is -0.820. The standard InChI is InChI=1S/C19H29N/c1-17(2,3)15-7-9-16(10-8-15)19(20)13-18(14-19)11-5-4-6-12-18/h7-10H,4-6,11-14,20H2,1-3H3. The number of hydrogen-bond donors (Lipinski definition) is 1. The second-order valence-corrected chi connectivity index (χ2v) is 8.40. The maximum atomic E-state index is 6.69. The van der Waals surface area contributed by atoms with Crippen LogP contribution in [-0.2, 0) is 11.0 Å². The van der Waals surface area contributed by atoms with E-state index in [4.69, 9.17) is 5.73 Å². The van der Waals surface area contributed by atoms with Crippen LogP contribution in [0.4, 0.5) is 0 Å². The Balaban J connectivity index is 1.74. The van der Waals surface area contributed by atoms with Crippen LogP contribution in [0, 0.1) is 5.41 Å². The Morgan fingerprint density at radius 2 is 1.45 bits per heavy atom. The van der Waals surface area contributed by atoms with Gasteiger partial charge in [0, 0.05) is 5.54 Å². The number of nitrogens with two attached hydrogens (primary N) is 1. The maximum absolute atomic E-state index is 6.69. The molecular weight excluding hydrogens is 242 g/mol. The van der Waals surface area contributed by atoms with Crippen LogP contribution >= 0.6 is 0 Å². The summed E-state index contributed by atoms with van der Waals surface area (Å²) in [7, 11) is 0. The van der Waals surface area contributed by atoms with E-state index in [-0.39, 0.29) is 11.0 Å². The summed E-state index contributed by atoms with van der Waals surface area (Å²) < 4.78 is 0. The van der Waals surface area contributed by atoms with E-state index in [1.54, 1.807) is 0 Å². The van der Waals surface area contributed by atoms with Crippen molar-refractivity contribution in [3.05, 3.63) is 35.4 Å². The van der Waals surface area contributed by atoms with Gasteiger partial charge in [-0.3, -0.25) is 0 Å². The molecular formula is C19H29N. The first-order valence-corrected chi connectivity index (χ1v) is 8.23. The number of rotatable bonds is 1. The molecule has 1 nitrogen and oxygen atoms in total. The van der Waals surface area contributed by atoms with Crippen molar-refractivity contribution in [3.8, 4) is 0 Å². The van der Waals surface area contributed by atoms with Crippen LogP contribution in [0.2, 0.25) is 0 Å². The van der Waals surface area contributed by atoms with Gasteiger partial charge < -0.3 is 5.73 Å². The first-order valence-electron chi connectivity index (χ1n) is 8.23. The smallest absolute Gasteiger partial charge is 0.0420 e. The summed E-state index contributed by atoms with van der Waals surface area (Å²) in [6, 6.07) is 9.10. The topological polar surface area (TPSA) is 26.0 Å². The Morgan fingerprint density at radius 1 is 0.900 bits per heavy atom. The molecule has 0 unspecified atom stereocenters. The zero-order chi connectivity index (χ0) is 14.4. The van der Waals surface area contributed by atoms with E-state index < -0.39 is 0 Å². The number of benzene rings is 1. The fraction of sp³-hybridized carbons (Fsp3) is 0.684. The quantitative estimate of drug-likeness (QED) is 0.774. The Bertz CT molecular complexity index is 463. The molecule has 0 heterocycles. The highest BCUT2D eigenvalue weighted by molar-refractivity contribution is 5.34. The molecule has 1 aromatic carbocycles. The average Bonchev–Trinajstić information content (AvgIpc) is 2.37. The Morgan fingerprint density at radius 3 is 1.95 bits per heavy atom. The highest BCUT2D eigenvalue weighted by Crippen LogP contribution is 2.59. The lowest BCUT2D eigenvalue weighted by Gasteiger charge is -2.57. The van der Waals surface area contributed by atoms with Crippen molar-refractivity contribution < 1.29 is 0 Å². The molecule has 1 spiro atoms. The molecule has 20 heavy (non-hydrogen) atoms. The lowest BCUT2D eigenvalue weighted by Crippen LogP contribution is -2.56. The van der Waals surface area contributed by atoms with Crippen LogP contribution in [0.15, 0.2) is 24.3 Å². The van der Waals surface area contributed by atoms with Crippen LogP contribution in [0.5, 0.6) is 0 Å². The van der Waals surface area contributed by atoms with E-state index in [1.165, 1.54) is 56.1 Å². The molecule has 3 rings (SSSR count). The van der Waals surface area contributed by atoms with Crippen molar-refractivity contribution in [2.45, 2.75) is 76.7 Å². The molecule has 2 aliphatic carbocycles. The van der Waals surface area contributed by atoms with Gasteiger partial charge in [-0.25, -0.2) is 0 Å². The molecule has 0 bridgehead atoms. The average molecular weight is 271 g/mol.